The van der Waals surface area contributed by atoms with E-state index in [1.165, 1.54) is 0 Å². The highest BCUT2D eigenvalue weighted by Gasteiger charge is 2.52. The molecule has 2 aromatic rings. The molecule has 1 amide bonds. The van der Waals surface area contributed by atoms with Crippen molar-refractivity contribution in [1.29, 1.82) is 5.26 Å². The van der Waals surface area contributed by atoms with Gasteiger partial charge in [-0.3, -0.25) is 4.79 Å². The van der Waals surface area contributed by atoms with Gasteiger partial charge in [-0.2, -0.15) is 5.26 Å². The van der Waals surface area contributed by atoms with Crippen LogP contribution in [0.5, 0.6) is 0 Å². The predicted octanol–water partition coefficient (Wildman–Crippen LogP) is 1.33. The molecule has 0 bridgehead atoms. The maximum Gasteiger partial charge on any atom is 0.243 e. The lowest BCUT2D eigenvalue weighted by atomic mass is 10.1. The first-order valence-electron chi connectivity index (χ1n) is 8.77. The van der Waals surface area contributed by atoms with Crippen LogP contribution < -0.4 is 4.90 Å². The van der Waals surface area contributed by atoms with Gasteiger partial charge in [0.2, 0.25) is 5.91 Å². The topological polar surface area (TPSA) is 99.2 Å². The van der Waals surface area contributed by atoms with E-state index in [0.29, 0.717) is 45.3 Å². The minimum absolute atomic E-state index is 0.0294. The molecule has 8 heteroatoms. The largest absolute Gasteiger partial charge is 0.364 e. The first kappa shape index (κ1) is 16.5. The Balaban J connectivity index is 1.53. The van der Waals surface area contributed by atoms with Gasteiger partial charge in [-0.25, -0.2) is 9.97 Å². The molecule has 0 atom stereocenters. The highest BCUT2D eigenvalue weighted by Crippen LogP contribution is 2.46. The van der Waals surface area contributed by atoms with E-state index in [2.05, 4.69) is 21.2 Å². The Morgan fingerprint density at radius 1 is 1.38 bits per heavy atom. The third-order valence-corrected chi connectivity index (χ3v) is 5.17. The van der Waals surface area contributed by atoms with Gasteiger partial charge in [0.1, 0.15) is 29.5 Å². The number of aromatic nitrogens is 3. The second-order valence-corrected chi connectivity index (χ2v) is 6.96. The van der Waals surface area contributed by atoms with Gasteiger partial charge in [-0.15, -0.1) is 0 Å². The average Bonchev–Trinajstić information content (AvgIpc) is 3.36. The molecule has 2 aliphatic rings. The Bertz CT molecular complexity index is 853. The van der Waals surface area contributed by atoms with E-state index in [9.17, 15) is 10.1 Å². The smallest absolute Gasteiger partial charge is 0.243 e. The summed E-state index contributed by atoms with van der Waals surface area (Å²) < 4.78 is 4.89. The van der Waals surface area contributed by atoms with Crippen molar-refractivity contribution in [3.63, 3.8) is 0 Å². The Hall–Kier alpha value is -2.95. The quantitative estimate of drug-likeness (QED) is 0.818. The van der Waals surface area contributed by atoms with Gasteiger partial charge in [0.15, 0.2) is 0 Å². The van der Waals surface area contributed by atoms with Crippen molar-refractivity contribution < 1.29 is 9.32 Å². The number of carbonyl (C=O) groups excluding carboxylic acids is 1. The number of fused-ring (bicyclic) bond motifs is 1. The minimum Gasteiger partial charge on any atom is -0.364 e. The van der Waals surface area contributed by atoms with Crippen molar-refractivity contribution in [2.45, 2.75) is 32.2 Å². The number of hydrogen-bond acceptors (Lipinski definition) is 7. The minimum atomic E-state index is -0.769. The number of nitrogens with zero attached hydrogens (tertiary/aromatic N) is 6. The molecule has 1 aliphatic carbocycles. The maximum atomic E-state index is 12.7. The molecule has 0 radical (unpaired) electrons. The molecule has 26 heavy (non-hydrogen) atoms. The van der Waals surface area contributed by atoms with Crippen molar-refractivity contribution in [3.05, 3.63) is 35.6 Å². The molecule has 0 spiro atoms. The second-order valence-electron chi connectivity index (χ2n) is 6.96. The third kappa shape index (κ3) is 2.90. The lowest BCUT2D eigenvalue weighted by molar-refractivity contribution is -0.134. The van der Waals surface area contributed by atoms with Crippen molar-refractivity contribution in [3.8, 4) is 6.07 Å². The van der Waals surface area contributed by atoms with Crippen LogP contribution in [0.15, 0.2) is 23.2 Å². The first-order chi connectivity index (χ1) is 12.6. The molecule has 4 rings (SSSR count). The summed E-state index contributed by atoms with van der Waals surface area (Å²) in [5.41, 5.74) is 2.10. The molecular formula is C18H20N6O2. The van der Waals surface area contributed by atoms with Crippen LogP contribution in [0.3, 0.4) is 0 Å². The van der Waals surface area contributed by atoms with Gasteiger partial charge in [-0.1, -0.05) is 5.16 Å². The zero-order valence-electron chi connectivity index (χ0n) is 14.7. The van der Waals surface area contributed by atoms with Crippen molar-refractivity contribution in [2.75, 3.05) is 25.0 Å². The number of nitriles is 1. The first-order valence-corrected chi connectivity index (χ1v) is 8.77. The number of carbonyl (C=O) groups is 1. The van der Waals surface area contributed by atoms with Crippen LogP contribution in [0, 0.1) is 16.7 Å². The molecule has 0 N–H and O–H groups in total. The van der Waals surface area contributed by atoms with E-state index >= 15 is 0 Å². The van der Waals surface area contributed by atoms with Gasteiger partial charge in [0.25, 0.3) is 0 Å². The van der Waals surface area contributed by atoms with Gasteiger partial charge in [0, 0.05) is 38.2 Å². The lowest BCUT2D eigenvalue weighted by Gasteiger charge is -2.23. The van der Waals surface area contributed by atoms with Crippen LogP contribution in [0.1, 0.15) is 29.8 Å². The summed E-state index contributed by atoms with van der Waals surface area (Å²) in [5, 5.41) is 13.2. The van der Waals surface area contributed by atoms with Crippen LogP contribution in [-0.2, 0) is 24.2 Å². The zero-order chi connectivity index (χ0) is 18.1. The number of hydrogen-bond donors (Lipinski definition) is 0. The Kier molecular flexibility index (Phi) is 4.07. The van der Waals surface area contributed by atoms with Crippen LogP contribution in [0.25, 0.3) is 0 Å². The fourth-order valence-electron chi connectivity index (χ4n) is 3.48. The molecule has 2 aromatic heterocycles. The van der Waals surface area contributed by atoms with Crippen LogP contribution in [-0.4, -0.2) is 46.1 Å². The number of amides is 1. The molecule has 3 heterocycles. The second kappa shape index (κ2) is 6.41. The maximum absolute atomic E-state index is 12.7. The average molecular weight is 352 g/mol. The van der Waals surface area contributed by atoms with Gasteiger partial charge in [0.05, 0.1) is 18.3 Å². The van der Waals surface area contributed by atoms with Crippen LogP contribution in [0.2, 0.25) is 0 Å². The predicted molar refractivity (Wildman–Crippen MR) is 91.9 cm³/mol. The number of rotatable bonds is 4. The van der Waals surface area contributed by atoms with Gasteiger partial charge < -0.3 is 14.3 Å². The number of anilines is 1. The Morgan fingerprint density at radius 3 is 2.88 bits per heavy atom. The van der Waals surface area contributed by atoms with Gasteiger partial charge >= 0.3 is 0 Å². The molecule has 1 saturated carbocycles. The third-order valence-electron chi connectivity index (χ3n) is 5.17. The summed E-state index contributed by atoms with van der Waals surface area (Å²) >= 11 is 0. The highest BCUT2D eigenvalue weighted by molar-refractivity contribution is 5.88. The zero-order valence-corrected chi connectivity index (χ0v) is 14.7. The van der Waals surface area contributed by atoms with Crippen LogP contribution in [0.4, 0.5) is 5.82 Å². The SMILES string of the molecule is CN(Cc1ccon1)c1ncnc2c1CCN(C(=O)C1(C#N)CC1)CC2. The van der Waals surface area contributed by atoms with E-state index in [-0.39, 0.29) is 5.91 Å². The fourth-order valence-corrected chi connectivity index (χ4v) is 3.48. The van der Waals surface area contributed by atoms with Crippen molar-refractivity contribution in [1.82, 2.24) is 20.0 Å². The summed E-state index contributed by atoms with van der Waals surface area (Å²) in [5.74, 6) is 0.826. The summed E-state index contributed by atoms with van der Waals surface area (Å²) in [4.78, 5) is 25.4. The van der Waals surface area contributed by atoms with E-state index in [1.807, 2.05) is 22.9 Å². The molecule has 1 fully saturated rings. The summed E-state index contributed by atoms with van der Waals surface area (Å²) in [7, 11) is 1.96. The molecule has 1 aliphatic heterocycles. The molecule has 0 unspecified atom stereocenters. The Morgan fingerprint density at radius 2 is 2.19 bits per heavy atom. The van der Waals surface area contributed by atoms with Crippen LogP contribution >= 0.6 is 0 Å². The molecule has 0 saturated heterocycles. The van der Waals surface area contributed by atoms with Crippen molar-refractivity contribution >= 4 is 11.7 Å². The van der Waals surface area contributed by atoms with Gasteiger partial charge in [-0.05, 0) is 19.3 Å². The standard InChI is InChI=1S/C18H20N6O2/c1-23(10-13-4-9-26-22-13)16-14-2-7-24(8-3-15(14)20-12-21-16)17(25)18(11-19)5-6-18/h4,9,12H,2-3,5-8,10H2,1H3. The molecule has 134 valence electrons. The summed E-state index contributed by atoms with van der Waals surface area (Å²) in [6.07, 6.45) is 5.84. The fraction of sp³-hybridized carbons (Fsp3) is 0.500. The van der Waals surface area contributed by atoms with E-state index in [4.69, 9.17) is 4.52 Å². The normalized spacial score (nSPS) is 17.8. The Labute approximate surface area is 151 Å². The van der Waals surface area contributed by atoms with E-state index in [0.717, 1.165) is 22.8 Å². The highest BCUT2D eigenvalue weighted by atomic mass is 16.5. The monoisotopic (exact) mass is 352 g/mol. The lowest BCUT2D eigenvalue weighted by Crippen LogP contribution is -2.38. The van der Waals surface area contributed by atoms with E-state index < -0.39 is 5.41 Å². The molecule has 0 aromatic carbocycles. The molecular weight excluding hydrogens is 332 g/mol. The summed E-state index contributed by atoms with van der Waals surface area (Å²) in [6.45, 7) is 1.77. The van der Waals surface area contributed by atoms with Crippen molar-refractivity contribution in [2.24, 2.45) is 5.41 Å². The van der Waals surface area contributed by atoms with E-state index in [1.54, 1.807) is 12.6 Å². The molecule has 8 nitrogen and oxygen atoms in total. The summed E-state index contributed by atoms with van der Waals surface area (Å²) in [6, 6.07) is 4.03.